The van der Waals surface area contributed by atoms with E-state index in [4.69, 9.17) is 9.47 Å². The summed E-state index contributed by atoms with van der Waals surface area (Å²) < 4.78 is 12.9. The van der Waals surface area contributed by atoms with Crippen LogP contribution in [0.5, 0.6) is 0 Å². The van der Waals surface area contributed by atoms with E-state index in [9.17, 15) is 4.79 Å². The molecule has 2 aromatic rings. The molecule has 0 spiro atoms. The van der Waals surface area contributed by atoms with Crippen LogP contribution in [-0.2, 0) is 15.1 Å². The number of carbonyl (C=O) groups is 1. The van der Waals surface area contributed by atoms with Crippen molar-refractivity contribution in [2.45, 2.75) is 50.9 Å². The Bertz CT molecular complexity index is 881. The zero-order chi connectivity index (χ0) is 19.9. The highest BCUT2D eigenvalue weighted by Crippen LogP contribution is 2.46. The van der Waals surface area contributed by atoms with Crippen LogP contribution >= 0.6 is 15.9 Å². The van der Waals surface area contributed by atoms with Crippen molar-refractivity contribution in [3.05, 3.63) is 69.7 Å². The molecule has 4 nitrogen and oxygen atoms in total. The molecule has 0 saturated carbocycles. The van der Waals surface area contributed by atoms with Crippen molar-refractivity contribution in [3.63, 3.8) is 0 Å². The van der Waals surface area contributed by atoms with E-state index in [2.05, 4.69) is 61.0 Å². The minimum atomic E-state index is -0.630. The third-order valence-corrected chi connectivity index (χ3v) is 6.89. The summed E-state index contributed by atoms with van der Waals surface area (Å²) in [6.45, 7) is 7.58. The summed E-state index contributed by atoms with van der Waals surface area (Å²) in [5.74, 6) is 0. The number of ether oxygens (including phenoxy) is 2. The van der Waals surface area contributed by atoms with E-state index >= 15 is 0 Å². The summed E-state index contributed by atoms with van der Waals surface area (Å²) in [5.41, 5.74) is 2.49. The largest absolute Gasteiger partial charge is 0.438 e. The van der Waals surface area contributed by atoms with Crippen LogP contribution < -0.4 is 0 Å². The summed E-state index contributed by atoms with van der Waals surface area (Å²) in [6.07, 6.45) is 1.18. The number of cyclic esters (lactones) is 1. The highest BCUT2D eigenvalue weighted by atomic mass is 79.9. The zero-order valence-corrected chi connectivity index (χ0v) is 18.2. The molecule has 2 heterocycles. The van der Waals surface area contributed by atoms with Crippen LogP contribution in [-0.4, -0.2) is 29.7 Å². The Morgan fingerprint density at radius 1 is 1.21 bits per heavy atom. The molecule has 2 aliphatic heterocycles. The van der Waals surface area contributed by atoms with Crippen LogP contribution in [0.25, 0.3) is 0 Å². The fourth-order valence-electron chi connectivity index (χ4n) is 4.13. The Balaban J connectivity index is 1.58. The molecule has 0 aromatic heterocycles. The second-order valence-electron chi connectivity index (χ2n) is 8.27. The van der Waals surface area contributed by atoms with Crippen LogP contribution in [0.15, 0.2) is 53.0 Å². The number of halogens is 1. The minimum absolute atomic E-state index is 0.0409. The Kier molecular flexibility index (Phi) is 5.00. The van der Waals surface area contributed by atoms with E-state index in [0.717, 1.165) is 34.2 Å². The molecule has 148 valence electrons. The number of amides is 1. The van der Waals surface area contributed by atoms with Crippen molar-refractivity contribution in [2.24, 2.45) is 0 Å². The molecule has 28 heavy (non-hydrogen) atoms. The van der Waals surface area contributed by atoms with E-state index in [0.29, 0.717) is 13.0 Å². The Morgan fingerprint density at radius 3 is 2.54 bits per heavy atom. The first-order valence-corrected chi connectivity index (χ1v) is 10.6. The van der Waals surface area contributed by atoms with Gasteiger partial charge in [-0.3, -0.25) is 0 Å². The first kappa shape index (κ1) is 19.5. The maximum Gasteiger partial charge on any atom is 0.411 e. The lowest BCUT2D eigenvalue weighted by molar-refractivity contribution is -0.0750. The van der Waals surface area contributed by atoms with E-state index in [-0.39, 0.29) is 17.7 Å². The van der Waals surface area contributed by atoms with Crippen molar-refractivity contribution >= 4 is 22.0 Å². The van der Waals surface area contributed by atoms with Gasteiger partial charge in [-0.25, -0.2) is 4.79 Å². The second-order valence-corrected chi connectivity index (χ2v) is 9.13. The topological polar surface area (TPSA) is 42.1 Å². The third-order valence-electron chi connectivity index (χ3n) is 6.00. The lowest BCUT2D eigenvalue weighted by Crippen LogP contribution is -2.50. The maximum absolute atomic E-state index is 13.1. The van der Waals surface area contributed by atoms with Gasteiger partial charge in [0.2, 0.25) is 0 Å². The summed E-state index contributed by atoms with van der Waals surface area (Å²) in [5, 5.41) is 0. The normalized spacial score (nSPS) is 28.0. The standard InChI is InChI=1S/C23H26BrNO3/c1-16-13-18(9-10-20(16)24)17(2)25-12-11-23(28-21(25)26,14-22(3)15-27-22)19-7-5-4-6-8-19/h4-10,13,17H,11-12,14-15H2,1-3H3/t17-,22?,23-/m0/s1. The first-order valence-electron chi connectivity index (χ1n) is 9.77. The highest BCUT2D eigenvalue weighted by Gasteiger charge is 2.52. The van der Waals surface area contributed by atoms with Gasteiger partial charge in [0.1, 0.15) is 5.60 Å². The number of aryl methyl sites for hydroxylation is 1. The molecular formula is C23H26BrNO3. The van der Waals surface area contributed by atoms with Crippen LogP contribution in [0, 0.1) is 6.92 Å². The SMILES string of the molecule is Cc1cc([C@H](C)N2CC[C@](CC3(C)CO3)(c3ccccc3)OC2=O)ccc1Br. The molecule has 0 N–H and O–H groups in total. The predicted octanol–water partition coefficient (Wildman–Crippen LogP) is 5.74. The van der Waals surface area contributed by atoms with E-state index < -0.39 is 5.60 Å². The second kappa shape index (κ2) is 7.20. The van der Waals surface area contributed by atoms with Crippen molar-refractivity contribution in [1.29, 1.82) is 0 Å². The van der Waals surface area contributed by atoms with Gasteiger partial charge in [0, 0.05) is 23.9 Å². The number of epoxide rings is 1. The molecule has 2 saturated heterocycles. The van der Waals surface area contributed by atoms with Crippen LogP contribution in [0.2, 0.25) is 0 Å². The summed E-state index contributed by atoms with van der Waals surface area (Å²) in [4.78, 5) is 14.9. The molecule has 1 amide bonds. The number of rotatable bonds is 5. The summed E-state index contributed by atoms with van der Waals surface area (Å²) in [6, 6.07) is 16.3. The van der Waals surface area contributed by atoms with Gasteiger partial charge in [0.05, 0.1) is 18.2 Å². The molecule has 3 atom stereocenters. The van der Waals surface area contributed by atoms with Crippen molar-refractivity contribution in [3.8, 4) is 0 Å². The average Bonchev–Trinajstić information content (AvgIpc) is 3.40. The Labute approximate surface area is 175 Å². The van der Waals surface area contributed by atoms with Gasteiger partial charge in [0.25, 0.3) is 0 Å². The van der Waals surface area contributed by atoms with Crippen LogP contribution in [0.4, 0.5) is 4.79 Å². The highest BCUT2D eigenvalue weighted by molar-refractivity contribution is 9.10. The molecule has 0 bridgehead atoms. The molecule has 0 aliphatic carbocycles. The molecule has 2 aliphatic rings. The fourth-order valence-corrected chi connectivity index (χ4v) is 4.38. The van der Waals surface area contributed by atoms with E-state index in [1.54, 1.807) is 0 Å². The van der Waals surface area contributed by atoms with E-state index in [1.165, 1.54) is 0 Å². The Morgan fingerprint density at radius 2 is 1.93 bits per heavy atom. The van der Waals surface area contributed by atoms with Gasteiger partial charge in [-0.05, 0) is 43.5 Å². The number of hydrogen-bond acceptors (Lipinski definition) is 3. The fraction of sp³-hybridized carbons (Fsp3) is 0.435. The summed E-state index contributed by atoms with van der Waals surface area (Å²) >= 11 is 3.54. The average molecular weight is 444 g/mol. The van der Waals surface area contributed by atoms with Crippen LogP contribution in [0.1, 0.15) is 49.4 Å². The zero-order valence-electron chi connectivity index (χ0n) is 16.6. The quantitative estimate of drug-likeness (QED) is 0.553. The molecule has 4 rings (SSSR count). The maximum atomic E-state index is 13.1. The number of benzene rings is 2. The van der Waals surface area contributed by atoms with Gasteiger partial charge in [-0.1, -0.05) is 58.4 Å². The predicted molar refractivity (Wildman–Crippen MR) is 112 cm³/mol. The van der Waals surface area contributed by atoms with Gasteiger partial charge in [0.15, 0.2) is 0 Å². The molecular weight excluding hydrogens is 418 g/mol. The van der Waals surface area contributed by atoms with Crippen molar-refractivity contribution in [1.82, 2.24) is 4.90 Å². The first-order chi connectivity index (χ1) is 13.3. The number of nitrogens with zero attached hydrogens (tertiary/aromatic N) is 1. The molecule has 5 heteroatoms. The van der Waals surface area contributed by atoms with Crippen molar-refractivity contribution in [2.75, 3.05) is 13.2 Å². The molecule has 0 radical (unpaired) electrons. The third kappa shape index (κ3) is 3.70. The van der Waals surface area contributed by atoms with Gasteiger partial charge in [-0.2, -0.15) is 0 Å². The van der Waals surface area contributed by atoms with Crippen LogP contribution in [0.3, 0.4) is 0 Å². The monoisotopic (exact) mass is 443 g/mol. The number of carbonyl (C=O) groups excluding carboxylic acids is 1. The summed E-state index contributed by atoms with van der Waals surface area (Å²) in [7, 11) is 0. The molecule has 1 unspecified atom stereocenters. The molecule has 2 aromatic carbocycles. The van der Waals surface area contributed by atoms with Gasteiger partial charge in [-0.15, -0.1) is 0 Å². The van der Waals surface area contributed by atoms with Crippen molar-refractivity contribution < 1.29 is 14.3 Å². The smallest absolute Gasteiger partial charge is 0.411 e. The van der Waals surface area contributed by atoms with E-state index in [1.807, 2.05) is 29.2 Å². The van der Waals surface area contributed by atoms with Gasteiger partial charge >= 0.3 is 6.09 Å². The minimum Gasteiger partial charge on any atom is -0.438 e. The number of hydrogen-bond donors (Lipinski definition) is 0. The lowest BCUT2D eigenvalue weighted by atomic mass is 9.81. The van der Waals surface area contributed by atoms with Gasteiger partial charge < -0.3 is 14.4 Å². The lowest BCUT2D eigenvalue weighted by Gasteiger charge is -2.44. The Hall–Kier alpha value is -1.85. The molecule has 2 fully saturated rings.